The normalized spacial score (nSPS) is 10.2. The molecule has 1 amide bonds. The number of tetrazole rings is 1. The summed E-state index contributed by atoms with van der Waals surface area (Å²) in [6.07, 6.45) is 2.11. The predicted molar refractivity (Wildman–Crippen MR) is 65.6 cm³/mol. The highest BCUT2D eigenvalue weighted by Crippen LogP contribution is 2.09. The Morgan fingerprint density at radius 1 is 1.39 bits per heavy atom. The Hall–Kier alpha value is -2.44. The smallest absolute Gasteiger partial charge is 0.253 e. The van der Waals surface area contributed by atoms with Gasteiger partial charge in [-0.2, -0.15) is 4.80 Å². The summed E-state index contributed by atoms with van der Waals surface area (Å²) in [5, 5.41) is 14.0. The molecule has 3 N–H and O–H groups in total. The number of aryl methyl sites for hydroxylation is 1. The number of rotatable bonds is 5. The minimum atomic E-state index is -0.167. The van der Waals surface area contributed by atoms with E-state index in [1.165, 1.54) is 11.1 Å². The standard InChI is InChI=1S/C11H14N6O/c12-10-5-2-1-4-9(10)11(18)13-6-3-7-17-15-8-14-16-17/h1-2,4-5,8H,3,6-7,12H2,(H,13,18). The van der Waals surface area contributed by atoms with Crippen LogP contribution in [0.4, 0.5) is 5.69 Å². The van der Waals surface area contributed by atoms with Crippen LogP contribution in [0.1, 0.15) is 16.8 Å². The average Bonchev–Trinajstić information content (AvgIpc) is 2.88. The lowest BCUT2D eigenvalue weighted by Crippen LogP contribution is -2.26. The van der Waals surface area contributed by atoms with Crippen LogP contribution in [0.25, 0.3) is 0 Å². The molecule has 7 heteroatoms. The molecule has 0 aliphatic heterocycles. The highest BCUT2D eigenvalue weighted by Gasteiger charge is 2.07. The van der Waals surface area contributed by atoms with Crippen LogP contribution in [0.3, 0.4) is 0 Å². The fourth-order valence-electron chi connectivity index (χ4n) is 1.51. The fourth-order valence-corrected chi connectivity index (χ4v) is 1.51. The first-order chi connectivity index (χ1) is 8.77. The first kappa shape index (κ1) is 12.0. The lowest BCUT2D eigenvalue weighted by molar-refractivity contribution is 0.0953. The second kappa shape index (κ2) is 5.76. The second-order valence-corrected chi connectivity index (χ2v) is 3.73. The first-order valence-electron chi connectivity index (χ1n) is 5.61. The Bertz CT molecular complexity index is 510. The van der Waals surface area contributed by atoms with Gasteiger partial charge in [-0.3, -0.25) is 4.79 Å². The zero-order chi connectivity index (χ0) is 12.8. The molecule has 7 nitrogen and oxygen atoms in total. The number of carbonyl (C=O) groups is 1. The van der Waals surface area contributed by atoms with Crippen LogP contribution in [0, 0.1) is 0 Å². The van der Waals surface area contributed by atoms with E-state index in [1.807, 2.05) is 0 Å². The van der Waals surface area contributed by atoms with Crippen LogP contribution in [-0.4, -0.2) is 32.7 Å². The lowest BCUT2D eigenvalue weighted by atomic mass is 10.1. The van der Waals surface area contributed by atoms with Crippen LogP contribution in [0.15, 0.2) is 30.6 Å². The van der Waals surface area contributed by atoms with Crippen LogP contribution >= 0.6 is 0 Å². The van der Waals surface area contributed by atoms with E-state index in [9.17, 15) is 4.79 Å². The molecule has 0 aliphatic rings. The third kappa shape index (κ3) is 3.03. The molecular weight excluding hydrogens is 232 g/mol. The summed E-state index contributed by atoms with van der Waals surface area (Å²) in [4.78, 5) is 13.3. The number of amides is 1. The van der Waals surface area contributed by atoms with E-state index in [-0.39, 0.29) is 5.91 Å². The molecule has 0 aliphatic carbocycles. The van der Waals surface area contributed by atoms with Gasteiger partial charge in [0.25, 0.3) is 5.91 Å². The van der Waals surface area contributed by atoms with Gasteiger partial charge in [-0.05, 0) is 23.8 Å². The summed E-state index contributed by atoms with van der Waals surface area (Å²) in [5.41, 5.74) is 6.69. The van der Waals surface area contributed by atoms with Crippen molar-refractivity contribution in [3.05, 3.63) is 36.2 Å². The first-order valence-corrected chi connectivity index (χ1v) is 5.61. The molecular formula is C11H14N6O. The maximum Gasteiger partial charge on any atom is 0.253 e. The Balaban J connectivity index is 1.77. The molecule has 0 unspecified atom stereocenters. The Kier molecular flexibility index (Phi) is 3.85. The van der Waals surface area contributed by atoms with Gasteiger partial charge >= 0.3 is 0 Å². The van der Waals surface area contributed by atoms with Gasteiger partial charge in [0.2, 0.25) is 0 Å². The van der Waals surface area contributed by atoms with Gasteiger partial charge in [-0.25, -0.2) is 0 Å². The van der Waals surface area contributed by atoms with Gasteiger partial charge < -0.3 is 11.1 Å². The van der Waals surface area contributed by atoms with E-state index >= 15 is 0 Å². The molecule has 1 heterocycles. The zero-order valence-corrected chi connectivity index (χ0v) is 9.78. The topological polar surface area (TPSA) is 98.7 Å². The molecule has 0 atom stereocenters. The van der Waals surface area contributed by atoms with Crippen molar-refractivity contribution < 1.29 is 4.79 Å². The number of hydrogen-bond donors (Lipinski definition) is 2. The third-order valence-corrected chi connectivity index (χ3v) is 2.42. The molecule has 94 valence electrons. The molecule has 2 rings (SSSR count). The van der Waals surface area contributed by atoms with Crippen molar-refractivity contribution in [1.29, 1.82) is 0 Å². The summed E-state index contributed by atoms with van der Waals surface area (Å²) in [5.74, 6) is -0.167. The maximum absolute atomic E-state index is 11.8. The van der Waals surface area contributed by atoms with E-state index in [0.29, 0.717) is 24.3 Å². The van der Waals surface area contributed by atoms with Crippen molar-refractivity contribution in [3.8, 4) is 0 Å². The SMILES string of the molecule is Nc1ccccc1C(=O)NCCCn1ncnn1. The van der Waals surface area contributed by atoms with E-state index in [1.54, 1.807) is 24.3 Å². The number of para-hydroxylation sites is 1. The number of hydrogen-bond acceptors (Lipinski definition) is 5. The van der Waals surface area contributed by atoms with Crippen molar-refractivity contribution in [3.63, 3.8) is 0 Å². The predicted octanol–water partition coefficient (Wildman–Crippen LogP) is 0.0754. The minimum Gasteiger partial charge on any atom is -0.398 e. The molecule has 0 saturated carbocycles. The van der Waals surface area contributed by atoms with E-state index in [4.69, 9.17) is 5.73 Å². The van der Waals surface area contributed by atoms with Crippen LogP contribution < -0.4 is 11.1 Å². The number of carbonyl (C=O) groups excluding carboxylic acids is 1. The average molecular weight is 246 g/mol. The number of anilines is 1. The van der Waals surface area contributed by atoms with Crippen molar-refractivity contribution in [2.75, 3.05) is 12.3 Å². The molecule has 0 bridgehead atoms. The molecule has 1 aromatic carbocycles. The van der Waals surface area contributed by atoms with Crippen LogP contribution in [0.2, 0.25) is 0 Å². The summed E-state index contributed by atoms with van der Waals surface area (Å²) >= 11 is 0. The second-order valence-electron chi connectivity index (χ2n) is 3.73. The highest BCUT2D eigenvalue weighted by atomic mass is 16.1. The van der Waals surface area contributed by atoms with E-state index < -0.39 is 0 Å². The number of aromatic nitrogens is 4. The Labute approximate surface area is 104 Å². The van der Waals surface area contributed by atoms with E-state index in [2.05, 4.69) is 20.7 Å². The molecule has 2 aromatic rings. The van der Waals surface area contributed by atoms with Crippen molar-refractivity contribution in [2.45, 2.75) is 13.0 Å². The van der Waals surface area contributed by atoms with Crippen LogP contribution in [-0.2, 0) is 6.54 Å². The van der Waals surface area contributed by atoms with Gasteiger partial charge in [-0.1, -0.05) is 12.1 Å². The Morgan fingerprint density at radius 2 is 2.22 bits per heavy atom. The van der Waals surface area contributed by atoms with Crippen molar-refractivity contribution in [2.24, 2.45) is 0 Å². The van der Waals surface area contributed by atoms with Gasteiger partial charge in [0.15, 0.2) is 6.33 Å². The minimum absolute atomic E-state index is 0.167. The van der Waals surface area contributed by atoms with Crippen LogP contribution in [0.5, 0.6) is 0 Å². The largest absolute Gasteiger partial charge is 0.398 e. The van der Waals surface area contributed by atoms with Crippen molar-refractivity contribution in [1.82, 2.24) is 25.5 Å². The highest BCUT2D eigenvalue weighted by molar-refractivity contribution is 5.98. The lowest BCUT2D eigenvalue weighted by Gasteiger charge is -2.06. The molecule has 0 radical (unpaired) electrons. The van der Waals surface area contributed by atoms with Gasteiger partial charge in [0.1, 0.15) is 0 Å². The number of nitrogens with two attached hydrogens (primary N) is 1. The molecule has 18 heavy (non-hydrogen) atoms. The van der Waals surface area contributed by atoms with E-state index in [0.717, 1.165) is 6.42 Å². The number of nitrogen functional groups attached to an aromatic ring is 1. The number of benzene rings is 1. The van der Waals surface area contributed by atoms with Gasteiger partial charge in [-0.15, -0.1) is 10.2 Å². The molecule has 0 saturated heterocycles. The quantitative estimate of drug-likeness (QED) is 0.574. The molecule has 0 fully saturated rings. The summed E-state index contributed by atoms with van der Waals surface area (Å²) in [7, 11) is 0. The number of nitrogens with zero attached hydrogens (tertiary/aromatic N) is 4. The summed E-state index contributed by atoms with van der Waals surface area (Å²) < 4.78 is 0. The number of nitrogens with one attached hydrogen (secondary N) is 1. The maximum atomic E-state index is 11.8. The summed E-state index contributed by atoms with van der Waals surface area (Å²) in [6.45, 7) is 1.15. The monoisotopic (exact) mass is 246 g/mol. The summed E-state index contributed by atoms with van der Waals surface area (Å²) in [6, 6.07) is 6.98. The fraction of sp³-hybridized carbons (Fsp3) is 0.273. The molecule has 1 aromatic heterocycles. The Morgan fingerprint density at radius 3 is 2.94 bits per heavy atom. The van der Waals surface area contributed by atoms with Gasteiger partial charge in [0, 0.05) is 12.2 Å². The zero-order valence-electron chi connectivity index (χ0n) is 9.78. The van der Waals surface area contributed by atoms with Crippen molar-refractivity contribution >= 4 is 11.6 Å². The van der Waals surface area contributed by atoms with Gasteiger partial charge in [0.05, 0.1) is 12.1 Å². The third-order valence-electron chi connectivity index (χ3n) is 2.42. The molecule has 0 spiro atoms.